The van der Waals surface area contributed by atoms with Gasteiger partial charge in [-0.05, 0) is 12.3 Å². The van der Waals surface area contributed by atoms with Crippen LogP contribution >= 0.6 is 0 Å². The zero-order valence-corrected chi connectivity index (χ0v) is 7.76. The van der Waals surface area contributed by atoms with Crippen molar-refractivity contribution in [3.63, 3.8) is 0 Å². The quantitative estimate of drug-likeness (QED) is 0.681. The molecule has 0 saturated heterocycles. The van der Waals surface area contributed by atoms with Gasteiger partial charge in [0.25, 0.3) is 5.91 Å². The third-order valence-corrected chi connectivity index (χ3v) is 1.77. The summed E-state index contributed by atoms with van der Waals surface area (Å²) >= 11 is 0. The van der Waals surface area contributed by atoms with Gasteiger partial charge in [-0.1, -0.05) is 13.8 Å². The van der Waals surface area contributed by atoms with Crippen LogP contribution in [0.5, 0.6) is 0 Å². The van der Waals surface area contributed by atoms with Crippen molar-refractivity contribution in [2.45, 2.75) is 32.7 Å². The molecule has 0 aromatic carbocycles. The second-order valence-corrected chi connectivity index (χ2v) is 3.17. The Labute approximate surface area is 76.1 Å². The summed E-state index contributed by atoms with van der Waals surface area (Å²) in [5, 5.41) is 10.8. The zero-order chi connectivity index (χ0) is 10.4. The monoisotopic (exact) mass is 195 g/mol. The summed E-state index contributed by atoms with van der Waals surface area (Å²) in [6, 6.07) is -0.383. The first-order valence-corrected chi connectivity index (χ1v) is 4.18. The maximum atomic E-state index is 11.8. The first-order valence-electron chi connectivity index (χ1n) is 4.18. The van der Waals surface area contributed by atoms with Crippen molar-refractivity contribution in [1.29, 1.82) is 0 Å². The molecule has 0 aliphatic rings. The number of halogens is 2. The lowest BCUT2D eigenvalue weighted by Gasteiger charge is -2.21. The minimum Gasteiger partial charge on any atom is -0.396 e. The van der Waals surface area contributed by atoms with E-state index >= 15 is 0 Å². The van der Waals surface area contributed by atoms with E-state index in [0.29, 0.717) is 6.42 Å². The minimum absolute atomic E-state index is 0.0369. The fourth-order valence-corrected chi connectivity index (χ4v) is 0.957. The largest absolute Gasteiger partial charge is 0.396 e. The van der Waals surface area contributed by atoms with Crippen molar-refractivity contribution in [2.75, 3.05) is 6.61 Å². The van der Waals surface area contributed by atoms with Crippen molar-refractivity contribution >= 4 is 5.91 Å². The van der Waals surface area contributed by atoms with Gasteiger partial charge in [0, 0.05) is 12.6 Å². The third-order valence-electron chi connectivity index (χ3n) is 1.77. The van der Waals surface area contributed by atoms with Crippen molar-refractivity contribution in [2.24, 2.45) is 5.92 Å². The highest BCUT2D eigenvalue weighted by atomic mass is 19.3. The topological polar surface area (TPSA) is 49.3 Å². The van der Waals surface area contributed by atoms with E-state index in [2.05, 4.69) is 5.32 Å². The van der Waals surface area contributed by atoms with Crippen molar-refractivity contribution < 1.29 is 18.7 Å². The van der Waals surface area contributed by atoms with E-state index in [1.165, 1.54) is 0 Å². The van der Waals surface area contributed by atoms with Crippen molar-refractivity contribution in [1.82, 2.24) is 5.32 Å². The Morgan fingerprint density at radius 3 is 2.31 bits per heavy atom. The maximum absolute atomic E-state index is 11.8. The van der Waals surface area contributed by atoms with Crippen LogP contribution in [0.4, 0.5) is 8.78 Å². The molecule has 0 aliphatic heterocycles. The van der Waals surface area contributed by atoms with Crippen LogP contribution in [0.3, 0.4) is 0 Å². The highest BCUT2D eigenvalue weighted by molar-refractivity contribution is 5.79. The highest BCUT2D eigenvalue weighted by Crippen LogP contribution is 2.06. The van der Waals surface area contributed by atoms with E-state index in [-0.39, 0.29) is 18.6 Å². The molecule has 13 heavy (non-hydrogen) atoms. The Balaban J connectivity index is 4.02. The van der Waals surface area contributed by atoms with Gasteiger partial charge in [-0.15, -0.1) is 0 Å². The standard InChI is InChI=1S/C8H15F2NO2/c1-5(2)6(3-4-12)11-8(13)7(9)10/h5-7,12H,3-4H2,1-2H3,(H,11,13). The number of nitrogens with one attached hydrogen (secondary N) is 1. The molecule has 0 bridgehead atoms. The summed E-state index contributed by atoms with van der Waals surface area (Å²) in [7, 11) is 0. The molecule has 0 aromatic heterocycles. The number of hydrogen-bond donors (Lipinski definition) is 2. The lowest BCUT2D eigenvalue weighted by atomic mass is 10.0. The molecule has 78 valence electrons. The van der Waals surface area contributed by atoms with Gasteiger partial charge >= 0.3 is 6.43 Å². The van der Waals surface area contributed by atoms with Crippen molar-refractivity contribution in [3.8, 4) is 0 Å². The van der Waals surface area contributed by atoms with Gasteiger partial charge in [0.15, 0.2) is 0 Å². The molecule has 0 fully saturated rings. The first kappa shape index (κ1) is 12.3. The summed E-state index contributed by atoms with van der Waals surface area (Å²) in [4.78, 5) is 10.6. The molecule has 2 N–H and O–H groups in total. The van der Waals surface area contributed by atoms with Crippen LogP contribution in [0.25, 0.3) is 0 Å². The van der Waals surface area contributed by atoms with E-state index in [0.717, 1.165) is 0 Å². The molecular weight excluding hydrogens is 180 g/mol. The summed E-state index contributed by atoms with van der Waals surface area (Å²) in [5.74, 6) is -1.23. The van der Waals surface area contributed by atoms with Gasteiger partial charge in [-0.3, -0.25) is 4.79 Å². The minimum atomic E-state index is -2.99. The third kappa shape index (κ3) is 4.77. The molecule has 1 amide bonds. The van der Waals surface area contributed by atoms with Crippen LogP contribution in [-0.4, -0.2) is 30.1 Å². The molecule has 5 heteroatoms. The Morgan fingerprint density at radius 2 is 2.00 bits per heavy atom. The fourth-order valence-electron chi connectivity index (χ4n) is 0.957. The average molecular weight is 195 g/mol. The van der Waals surface area contributed by atoms with E-state index < -0.39 is 12.3 Å². The van der Waals surface area contributed by atoms with Crippen LogP contribution in [0.15, 0.2) is 0 Å². The van der Waals surface area contributed by atoms with E-state index in [1.54, 1.807) is 13.8 Å². The number of hydrogen-bond acceptors (Lipinski definition) is 2. The summed E-state index contributed by atoms with van der Waals surface area (Å²) < 4.78 is 23.6. The number of carbonyl (C=O) groups excluding carboxylic acids is 1. The molecule has 0 heterocycles. The van der Waals surface area contributed by atoms with Gasteiger partial charge in [0.05, 0.1) is 0 Å². The molecule has 3 nitrogen and oxygen atoms in total. The number of alkyl halides is 2. The lowest BCUT2D eigenvalue weighted by Crippen LogP contribution is -2.42. The molecule has 1 atom stereocenters. The molecule has 0 spiro atoms. The Hall–Kier alpha value is -0.710. The second kappa shape index (κ2) is 5.85. The molecule has 0 aliphatic carbocycles. The Bertz CT molecular complexity index is 162. The average Bonchev–Trinajstić information content (AvgIpc) is 2.03. The van der Waals surface area contributed by atoms with E-state index in [9.17, 15) is 13.6 Å². The zero-order valence-electron chi connectivity index (χ0n) is 7.76. The normalized spacial score (nSPS) is 13.5. The van der Waals surface area contributed by atoms with Gasteiger partial charge in [0.1, 0.15) is 0 Å². The molecule has 1 unspecified atom stereocenters. The molecule has 0 aromatic rings. The number of aliphatic hydroxyl groups is 1. The lowest BCUT2D eigenvalue weighted by molar-refractivity contribution is -0.132. The predicted octanol–water partition coefficient (Wildman–Crippen LogP) is 0.775. The van der Waals surface area contributed by atoms with Gasteiger partial charge in [0.2, 0.25) is 0 Å². The Morgan fingerprint density at radius 1 is 1.46 bits per heavy atom. The van der Waals surface area contributed by atoms with Crippen LogP contribution in [0.1, 0.15) is 20.3 Å². The van der Waals surface area contributed by atoms with Crippen LogP contribution in [-0.2, 0) is 4.79 Å². The van der Waals surface area contributed by atoms with Gasteiger partial charge < -0.3 is 10.4 Å². The summed E-state index contributed by atoms with van der Waals surface area (Å²) in [6.07, 6.45) is -2.68. The van der Waals surface area contributed by atoms with E-state index in [4.69, 9.17) is 5.11 Å². The highest BCUT2D eigenvalue weighted by Gasteiger charge is 2.21. The second-order valence-electron chi connectivity index (χ2n) is 3.17. The van der Waals surface area contributed by atoms with Crippen LogP contribution in [0, 0.1) is 5.92 Å². The number of rotatable bonds is 5. The summed E-state index contributed by atoms with van der Waals surface area (Å²) in [6.45, 7) is 3.48. The number of carbonyl (C=O) groups is 1. The fraction of sp³-hybridized carbons (Fsp3) is 0.875. The predicted molar refractivity (Wildman–Crippen MR) is 44.5 cm³/mol. The van der Waals surface area contributed by atoms with Crippen LogP contribution in [0.2, 0.25) is 0 Å². The summed E-state index contributed by atoms with van der Waals surface area (Å²) in [5.41, 5.74) is 0. The van der Waals surface area contributed by atoms with Crippen molar-refractivity contribution in [3.05, 3.63) is 0 Å². The number of aliphatic hydroxyl groups excluding tert-OH is 1. The molecular formula is C8H15F2NO2. The van der Waals surface area contributed by atoms with E-state index in [1.807, 2.05) is 0 Å². The molecule has 0 rings (SSSR count). The van der Waals surface area contributed by atoms with Gasteiger partial charge in [-0.2, -0.15) is 8.78 Å². The van der Waals surface area contributed by atoms with Gasteiger partial charge in [-0.25, -0.2) is 0 Å². The smallest absolute Gasteiger partial charge is 0.315 e. The number of amides is 1. The van der Waals surface area contributed by atoms with Crippen LogP contribution < -0.4 is 5.32 Å². The Kier molecular flexibility index (Phi) is 5.53. The molecule has 0 radical (unpaired) electrons. The first-order chi connectivity index (χ1) is 5.99. The maximum Gasteiger partial charge on any atom is 0.315 e. The SMILES string of the molecule is CC(C)C(CCO)NC(=O)C(F)F. The molecule has 0 saturated carbocycles.